The van der Waals surface area contributed by atoms with Gasteiger partial charge in [-0.25, -0.2) is 0 Å². The van der Waals surface area contributed by atoms with Crippen molar-refractivity contribution in [3.05, 3.63) is 17.5 Å². The molecule has 6 nitrogen and oxygen atoms in total. The van der Waals surface area contributed by atoms with Gasteiger partial charge in [0.2, 0.25) is 5.91 Å². The summed E-state index contributed by atoms with van der Waals surface area (Å²) in [5, 5.41) is 17.1. The summed E-state index contributed by atoms with van der Waals surface area (Å²) in [6.45, 7) is 6.25. The second-order valence-corrected chi connectivity index (χ2v) is 7.68. The summed E-state index contributed by atoms with van der Waals surface area (Å²) in [4.78, 5) is 14.8. The first kappa shape index (κ1) is 17.9. The lowest BCUT2D eigenvalue weighted by molar-refractivity contribution is -0.124. The fourth-order valence-corrected chi connectivity index (χ4v) is 4.27. The Hall–Kier alpha value is -1.87. The normalized spacial score (nSPS) is 23.3. The van der Waals surface area contributed by atoms with Crippen LogP contribution in [0.1, 0.15) is 56.3 Å². The van der Waals surface area contributed by atoms with Gasteiger partial charge in [-0.2, -0.15) is 10.4 Å². The summed E-state index contributed by atoms with van der Waals surface area (Å²) in [6, 6.07) is 4.77. The molecular formula is C19H29N5O. The highest BCUT2D eigenvalue weighted by molar-refractivity contribution is 5.79. The van der Waals surface area contributed by atoms with E-state index in [0.29, 0.717) is 12.6 Å². The molecule has 0 aromatic carbocycles. The van der Waals surface area contributed by atoms with E-state index in [4.69, 9.17) is 0 Å². The van der Waals surface area contributed by atoms with Gasteiger partial charge in [-0.3, -0.25) is 14.4 Å². The molecule has 1 aliphatic heterocycles. The van der Waals surface area contributed by atoms with Crippen LogP contribution >= 0.6 is 0 Å². The van der Waals surface area contributed by atoms with E-state index in [-0.39, 0.29) is 5.91 Å². The Morgan fingerprint density at radius 3 is 2.76 bits per heavy atom. The van der Waals surface area contributed by atoms with Crippen molar-refractivity contribution in [1.82, 2.24) is 20.0 Å². The molecule has 1 amide bonds. The predicted molar refractivity (Wildman–Crippen MR) is 95.9 cm³/mol. The van der Waals surface area contributed by atoms with Gasteiger partial charge in [0, 0.05) is 11.7 Å². The van der Waals surface area contributed by atoms with E-state index >= 15 is 0 Å². The van der Waals surface area contributed by atoms with Crippen LogP contribution in [0.25, 0.3) is 0 Å². The number of likely N-dealkylation sites (tertiary alicyclic amines) is 1. The lowest BCUT2D eigenvalue weighted by Gasteiger charge is -2.36. The summed E-state index contributed by atoms with van der Waals surface area (Å²) in [7, 11) is 0. The zero-order valence-electron chi connectivity index (χ0n) is 15.4. The number of hydrogen-bond acceptors (Lipinski definition) is 4. The van der Waals surface area contributed by atoms with Crippen LogP contribution in [-0.2, 0) is 11.3 Å². The number of nitriles is 1. The number of aromatic nitrogens is 2. The Labute approximate surface area is 150 Å². The number of nitrogens with one attached hydrogen (secondary N) is 1. The molecule has 1 aromatic heterocycles. The maximum absolute atomic E-state index is 12.6. The third-order valence-electron chi connectivity index (χ3n) is 5.63. The Morgan fingerprint density at radius 2 is 2.12 bits per heavy atom. The third kappa shape index (κ3) is 4.21. The molecule has 2 heterocycles. The molecule has 2 fully saturated rings. The van der Waals surface area contributed by atoms with Crippen LogP contribution in [0.5, 0.6) is 0 Å². The number of carbonyl (C=O) groups is 1. The van der Waals surface area contributed by atoms with Gasteiger partial charge in [-0.05, 0) is 65.0 Å². The van der Waals surface area contributed by atoms with Gasteiger partial charge in [0.15, 0.2) is 0 Å². The fourth-order valence-electron chi connectivity index (χ4n) is 4.27. The van der Waals surface area contributed by atoms with Gasteiger partial charge in [0.05, 0.1) is 24.9 Å². The van der Waals surface area contributed by atoms with E-state index in [1.54, 1.807) is 0 Å². The topological polar surface area (TPSA) is 74.0 Å². The van der Waals surface area contributed by atoms with Crippen LogP contribution in [0.2, 0.25) is 0 Å². The molecular weight excluding hydrogens is 314 g/mol. The standard InChI is InChI=1S/C19H29N5O/c1-15-11-16(2)24(22-15)12-17-7-3-6-10-23(17)13-18(25)21-19(14-20)8-4-5-9-19/h11,17H,3-10,12-13H2,1-2H3,(H,21,25). The van der Waals surface area contributed by atoms with Gasteiger partial charge < -0.3 is 5.32 Å². The van der Waals surface area contributed by atoms with Gasteiger partial charge in [-0.1, -0.05) is 6.42 Å². The predicted octanol–water partition coefficient (Wildman–Crippen LogP) is 2.31. The van der Waals surface area contributed by atoms with E-state index in [9.17, 15) is 10.1 Å². The summed E-state index contributed by atoms with van der Waals surface area (Å²) >= 11 is 0. The van der Waals surface area contributed by atoms with Crippen molar-refractivity contribution in [3.8, 4) is 6.07 Å². The first-order chi connectivity index (χ1) is 12.0. The maximum atomic E-state index is 12.6. The third-order valence-corrected chi connectivity index (χ3v) is 5.63. The molecule has 1 saturated heterocycles. The average Bonchev–Trinajstić information content (AvgIpc) is 3.16. The molecule has 1 aromatic rings. The first-order valence-electron chi connectivity index (χ1n) is 9.49. The van der Waals surface area contributed by atoms with Crippen molar-refractivity contribution in [2.75, 3.05) is 13.1 Å². The molecule has 1 unspecified atom stereocenters. The van der Waals surface area contributed by atoms with Gasteiger partial charge in [-0.15, -0.1) is 0 Å². The zero-order chi connectivity index (χ0) is 17.9. The van der Waals surface area contributed by atoms with Crippen molar-refractivity contribution in [2.45, 2.75) is 76.9 Å². The maximum Gasteiger partial charge on any atom is 0.235 e. The van der Waals surface area contributed by atoms with E-state index < -0.39 is 5.54 Å². The molecule has 0 radical (unpaired) electrons. The highest BCUT2D eigenvalue weighted by atomic mass is 16.2. The Bertz CT molecular complexity index is 653. The largest absolute Gasteiger partial charge is 0.337 e. The molecule has 1 atom stereocenters. The summed E-state index contributed by atoms with van der Waals surface area (Å²) in [5.41, 5.74) is 1.58. The number of rotatable bonds is 5. The highest BCUT2D eigenvalue weighted by Gasteiger charge is 2.36. The number of amides is 1. The lowest BCUT2D eigenvalue weighted by atomic mass is 9.99. The second kappa shape index (κ2) is 7.57. The molecule has 136 valence electrons. The minimum atomic E-state index is -0.627. The lowest BCUT2D eigenvalue weighted by Crippen LogP contribution is -2.52. The van der Waals surface area contributed by atoms with E-state index in [0.717, 1.165) is 57.3 Å². The molecule has 0 bridgehead atoms. The minimum Gasteiger partial charge on any atom is -0.337 e. The van der Waals surface area contributed by atoms with Gasteiger partial charge >= 0.3 is 0 Å². The van der Waals surface area contributed by atoms with Crippen molar-refractivity contribution >= 4 is 5.91 Å². The second-order valence-electron chi connectivity index (χ2n) is 7.68. The van der Waals surface area contributed by atoms with Crippen LogP contribution in [0.4, 0.5) is 0 Å². The monoisotopic (exact) mass is 343 g/mol. The van der Waals surface area contributed by atoms with Crippen molar-refractivity contribution in [3.63, 3.8) is 0 Å². The average molecular weight is 343 g/mol. The quantitative estimate of drug-likeness (QED) is 0.890. The van der Waals surface area contributed by atoms with Gasteiger partial charge in [0.25, 0.3) is 0 Å². The van der Waals surface area contributed by atoms with Crippen LogP contribution in [0, 0.1) is 25.2 Å². The van der Waals surface area contributed by atoms with Crippen molar-refractivity contribution in [1.29, 1.82) is 5.26 Å². The van der Waals surface area contributed by atoms with Crippen molar-refractivity contribution < 1.29 is 4.79 Å². The molecule has 3 rings (SSSR count). The molecule has 1 saturated carbocycles. The number of hydrogen-bond donors (Lipinski definition) is 1. The molecule has 25 heavy (non-hydrogen) atoms. The molecule has 0 spiro atoms. The van der Waals surface area contributed by atoms with Crippen LogP contribution in [0.3, 0.4) is 0 Å². The van der Waals surface area contributed by atoms with Crippen LogP contribution < -0.4 is 5.32 Å². The zero-order valence-corrected chi connectivity index (χ0v) is 15.4. The van der Waals surface area contributed by atoms with E-state index in [1.807, 2.05) is 6.92 Å². The fraction of sp³-hybridized carbons (Fsp3) is 0.737. The summed E-state index contributed by atoms with van der Waals surface area (Å²) < 4.78 is 2.06. The summed E-state index contributed by atoms with van der Waals surface area (Å²) in [5.74, 6) is -0.0104. The number of nitrogens with zero attached hydrogens (tertiary/aromatic N) is 4. The Morgan fingerprint density at radius 1 is 1.36 bits per heavy atom. The van der Waals surface area contributed by atoms with E-state index in [1.165, 1.54) is 12.1 Å². The Kier molecular flexibility index (Phi) is 5.43. The first-order valence-corrected chi connectivity index (χ1v) is 9.49. The molecule has 2 aliphatic rings. The number of carbonyl (C=O) groups excluding carboxylic acids is 1. The van der Waals surface area contributed by atoms with Gasteiger partial charge in [0.1, 0.15) is 5.54 Å². The molecule has 1 N–H and O–H groups in total. The van der Waals surface area contributed by atoms with Crippen LogP contribution in [0.15, 0.2) is 6.07 Å². The Balaban J connectivity index is 1.62. The molecule has 1 aliphatic carbocycles. The SMILES string of the molecule is Cc1cc(C)n(CC2CCCCN2CC(=O)NC2(C#N)CCCC2)n1. The van der Waals surface area contributed by atoms with Crippen molar-refractivity contribution in [2.24, 2.45) is 0 Å². The number of piperidine rings is 1. The highest BCUT2D eigenvalue weighted by Crippen LogP contribution is 2.29. The smallest absolute Gasteiger partial charge is 0.235 e. The summed E-state index contributed by atoms with van der Waals surface area (Å²) in [6.07, 6.45) is 7.04. The number of aryl methyl sites for hydroxylation is 2. The minimum absolute atomic E-state index is 0.0104. The van der Waals surface area contributed by atoms with Crippen LogP contribution in [-0.4, -0.2) is 45.3 Å². The molecule has 6 heteroatoms. The van der Waals surface area contributed by atoms with E-state index in [2.05, 4.69) is 39.1 Å².